The molecule has 7 heteroatoms. The molecule has 0 aromatic rings. The molecule has 0 heterocycles. The van der Waals surface area contributed by atoms with Crippen molar-refractivity contribution in [3.8, 4) is 0 Å². The molecule has 0 aliphatic rings. The van der Waals surface area contributed by atoms with Crippen molar-refractivity contribution in [1.29, 1.82) is 0 Å². The van der Waals surface area contributed by atoms with Crippen molar-refractivity contribution in [2.45, 2.75) is 24.4 Å². The van der Waals surface area contributed by atoms with E-state index in [-0.39, 0.29) is 23.6 Å². The van der Waals surface area contributed by atoms with Crippen LogP contribution in [0.1, 0.15) is 0 Å². The molecular formula is C6H15MnNO5. The van der Waals surface area contributed by atoms with Crippen molar-refractivity contribution in [2.75, 3.05) is 13.2 Å². The number of nitrogens with two attached hydrogens (primary N) is 1. The first-order valence-corrected chi connectivity index (χ1v) is 3.57. The molecular weight excluding hydrogens is 221 g/mol. The maximum absolute atomic E-state index is 9.04. The Morgan fingerprint density at radius 1 is 0.923 bits per heavy atom. The molecule has 0 aliphatic carbocycles. The molecule has 13 heavy (non-hydrogen) atoms. The molecule has 4 atom stereocenters. The summed E-state index contributed by atoms with van der Waals surface area (Å²) in [5.74, 6) is 0. The Bertz CT molecular complexity index is 114. The van der Waals surface area contributed by atoms with E-state index in [2.05, 4.69) is 0 Å². The van der Waals surface area contributed by atoms with Crippen LogP contribution in [0.5, 0.6) is 0 Å². The van der Waals surface area contributed by atoms with E-state index >= 15 is 0 Å². The molecule has 0 aliphatic heterocycles. The van der Waals surface area contributed by atoms with Crippen LogP contribution in [-0.4, -0.2) is 63.1 Å². The van der Waals surface area contributed by atoms with Gasteiger partial charge in [-0.25, -0.2) is 0 Å². The van der Waals surface area contributed by atoms with Crippen LogP contribution in [0.15, 0.2) is 0 Å². The normalized spacial score (nSPS) is 19.8. The van der Waals surface area contributed by atoms with Crippen LogP contribution >= 0.6 is 0 Å². The van der Waals surface area contributed by atoms with E-state index in [4.69, 9.17) is 31.3 Å². The van der Waals surface area contributed by atoms with Crippen LogP contribution in [0.25, 0.3) is 0 Å². The number of hydrogen-bond acceptors (Lipinski definition) is 6. The Labute approximate surface area is 86.5 Å². The van der Waals surface area contributed by atoms with E-state index in [1.807, 2.05) is 0 Å². The standard InChI is InChI=1S/C6H15NO5.Mn/c7-1-3(9)5(11)6(12)4(10)2-8;/h3-6,8-12H,1-2,7H2;/t3-,4+,5+,6+;/m0./s1. The van der Waals surface area contributed by atoms with Crippen LogP contribution in [0.2, 0.25) is 0 Å². The summed E-state index contributed by atoms with van der Waals surface area (Å²) in [5.41, 5.74) is 4.99. The van der Waals surface area contributed by atoms with E-state index in [0.717, 1.165) is 0 Å². The van der Waals surface area contributed by atoms with Crippen molar-refractivity contribution in [1.82, 2.24) is 0 Å². The first-order valence-electron chi connectivity index (χ1n) is 3.57. The van der Waals surface area contributed by atoms with Crippen molar-refractivity contribution in [3.05, 3.63) is 0 Å². The maximum atomic E-state index is 9.04. The fraction of sp³-hybridized carbons (Fsp3) is 1.00. The van der Waals surface area contributed by atoms with Gasteiger partial charge in [-0.1, -0.05) is 0 Å². The van der Waals surface area contributed by atoms with Gasteiger partial charge < -0.3 is 31.3 Å². The number of aliphatic hydroxyl groups is 5. The van der Waals surface area contributed by atoms with E-state index in [9.17, 15) is 0 Å². The topological polar surface area (TPSA) is 127 Å². The SMILES string of the molecule is NC[C@H](O)[C@@H](O)[C@H](O)[C@H](O)CO.[Mn]. The second kappa shape index (κ2) is 7.66. The van der Waals surface area contributed by atoms with Gasteiger partial charge >= 0.3 is 0 Å². The van der Waals surface area contributed by atoms with E-state index in [1.165, 1.54) is 0 Å². The maximum Gasteiger partial charge on any atom is 0.111 e. The largest absolute Gasteiger partial charge is 0.394 e. The summed E-state index contributed by atoms with van der Waals surface area (Å²) in [6, 6.07) is 0. The average Bonchev–Trinajstić information content (AvgIpc) is 2.12. The summed E-state index contributed by atoms with van der Waals surface area (Å²) in [5, 5.41) is 44.2. The van der Waals surface area contributed by atoms with E-state index in [0.29, 0.717) is 0 Å². The quantitative estimate of drug-likeness (QED) is 0.273. The second-order valence-corrected chi connectivity index (χ2v) is 2.53. The molecule has 0 amide bonds. The molecule has 0 saturated heterocycles. The molecule has 0 aromatic heterocycles. The first-order chi connectivity index (χ1) is 5.54. The second-order valence-electron chi connectivity index (χ2n) is 2.53. The molecule has 0 rings (SSSR count). The van der Waals surface area contributed by atoms with Crippen molar-refractivity contribution < 1.29 is 42.6 Å². The molecule has 0 saturated carbocycles. The summed E-state index contributed by atoms with van der Waals surface area (Å²) < 4.78 is 0. The van der Waals surface area contributed by atoms with Gasteiger partial charge in [0, 0.05) is 23.6 Å². The Hall–Kier alpha value is 0.279. The monoisotopic (exact) mass is 236 g/mol. The summed E-state index contributed by atoms with van der Waals surface area (Å²) >= 11 is 0. The van der Waals surface area contributed by atoms with Crippen LogP contribution in [-0.2, 0) is 17.1 Å². The van der Waals surface area contributed by atoms with Gasteiger partial charge in [0.15, 0.2) is 0 Å². The first kappa shape index (κ1) is 15.7. The Kier molecular flexibility index (Phi) is 9.28. The van der Waals surface area contributed by atoms with Gasteiger partial charge in [-0.15, -0.1) is 0 Å². The Balaban J connectivity index is 0. The van der Waals surface area contributed by atoms with E-state index in [1.54, 1.807) is 0 Å². The van der Waals surface area contributed by atoms with Crippen LogP contribution in [0.4, 0.5) is 0 Å². The molecule has 1 radical (unpaired) electrons. The molecule has 0 bridgehead atoms. The number of hydrogen-bond donors (Lipinski definition) is 6. The third-order valence-electron chi connectivity index (χ3n) is 1.57. The third-order valence-corrected chi connectivity index (χ3v) is 1.57. The summed E-state index contributed by atoms with van der Waals surface area (Å²) in [6.45, 7) is -0.911. The van der Waals surface area contributed by atoms with Crippen LogP contribution in [0.3, 0.4) is 0 Å². The predicted octanol–water partition coefficient (Wildman–Crippen LogP) is -3.62. The zero-order valence-corrected chi connectivity index (χ0v) is 8.10. The molecule has 0 aromatic carbocycles. The molecule has 0 spiro atoms. The van der Waals surface area contributed by atoms with Crippen molar-refractivity contribution in [2.24, 2.45) is 5.73 Å². The zero-order chi connectivity index (χ0) is 9.72. The fourth-order valence-electron chi connectivity index (χ4n) is 0.703. The average molecular weight is 236 g/mol. The number of aliphatic hydroxyl groups excluding tert-OH is 5. The smallest absolute Gasteiger partial charge is 0.111 e. The molecule has 81 valence electrons. The van der Waals surface area contributed by atoms with Gasteiger partial charge in [-0.05, 0) is 0 Å². The fourth-order valence-corrected chi connectivity index (χ4v) is 0.703. The predicted molar refractivity (Wildman–Crippen MR) is 40.2 cm³/mol. The Morgan fingerprint density at radius 3 is 1.62 bits per heavy atom. The zero-order valence-electron chi connectivity index (χ0n) is 6.91. The van der Waals surface area contributed by atoms with Gasteiger partial charge in [-0.3, -0.25) is 0 Å². The minimum absolute atomic E-state index is 0. The van der Waals surface area contributed by atoms with Gasteiger partial charge in [-0.2, -0.15) is 0 Å². The number of rotatable bonds is 5. The third kappa shape index (κ3) is 4.90. The molecule has 0 unspecified atom stereocenters. The van der Waals surface area contributed by atoms with Crippen molar-refractivity contribution in [3.63, 3.8) is 0 Å². The summed E-state index contributed by atoms with van der Waals surface area (Å²) in [7, 11) is 0. The Morgan fingerprint density at radius 2 is 1.31 bits per heavy atom. The summed E-state index contributed by atoms with van der Waals surface area (Å²) in [6.07, 6.45) is -5.91. The van der Waals surface area contributed by atoms with Crippen LogP contribution < -0.4 is 5.73 Å². The van der Waals surface area contributed by atoms with Crippen LogP contribution in [0, 0.1) is 0 Å². The van der Waals surface area contributed by atoms with Crippen molar-refractivity contribution >= 4 is 0 Å². The van der Waals surface area contributed by atoms with Gasteiger partial charge in [0.25, 0.3) is 0 Å². The molecule has 7 N–H and O–H groups in total. The minimum Gasteiger partial charge on any atom is -0.394 e. The minimum atomic E-state index is -1.59. The summed E-state index contributed by atoms with van der Waals surface area (Å²) in [4.78, 5) is 0. The van der Waals surface area contributed by atoms with Gasteiger partial charge in [0.05, 0.1) is 12.7 Å². The molecule has 6 nitrogen and oxygen atoms in total. The van der Waals surface area contributed by atoms with Gasteiger partial charge in [0.1, 0.15) is 18.3 Å². The van der Waals surface area contributed by atoms with E-state index < -0.39 is 31.0 Å². The molecule has 0 fully saturated rings. The van der Waals surface area contributed by atoms with Gasteiger partial charge in [0.2, 0.25) is 0 Å².